The van der Waals surface area contributed by atoms with Crippen LogP contribution in [0.2, 0.25) is 0 Å². The first-order valence-electron chi connectivity index (χ1n) is 8.50. The fourth-order valence-electron chi connectivity index (χ4n) is 3.34. The summed E-state index contributed by atoms with van der Waals surface area (Å²) >= 11 is 0. The highest BCUT2D eigenvalue weighted by atomic mass is 31.2. The molecular formula is C19H20FN2O5P. The molecule has 1 aliphatic heterocycles. The molecule has 0 saturated carbocycles. The Balaban J connectivity index is 2.21. The zero-order valence-electron chi connectivity index (χ0n) is 15.3. The zero-order chi connectivity index (χ0) is 20.7. The third-order valence-electron chi connectivity index (χ3n) is 4.67. The van der Waals surface area contributed by atoms with Crippen LogP contribution in [0.3, 0.4) is 0 Å². The van der Waals surface area contributed by atoms with Gasteiger partial charge in [-0.15, -0.1) is 0 Å². The van der Waals surface area contributed by atoms with Crippen LogP contribution < -0.4 is 9.64 Å². The lowest BCUT2D eigenvalue weighted by atomic mass is 9.85. The van der Waals surface area contributed by atoms with Crippen molar-refractivity contribution < 1.29 is 28.6 Å². The maximum absolute atomic E-state index is 13.4. The molecule has 1 heterocycles. The Morgan fingerprint density at radius 1 is 1.25 bits per heavy atom. The van der Waals surface area contributed by atoms with Gasteiger partial charge in [-0.25, -0.2) is 4.39 Å². The predicted molar refractivity (Wildman–Crippen MR) is 100 cm³/mol. The van der Waals surface area contributed by atoms with Crippen LogP contribution in [0.15, 0.2) is 42.5 Å². The van der Waals surface area contributed by atoms with Crippen molar-refractivity contribution in [1.82, 2.24) is 0 Å². The number of aliphatic hydroxyl groups is 1. The van der Waals surface area contributed by atoms with Crippen molar-refractivity contribution in [2.75, 3.05) is 11.2 Å². The molecule has 2 unspecified atom stereocenters. The fraction of sp³-hybridized carbons (Fsp3) is 0.316. The van der Waals surface area contributed by atoms with Gasteiger partial charge in [-0.05, 0) is 56.3 Å². The molecule has 0 spiro atoms. The van der Waals surface area contributed by atoms with Crippen molar-refractivity contribution in [3.05, 3.63) is 59.4 Å². The Morgan fingerprint density at radius 2 is 1.89 bits per heavy atom. The van der Waals surface area contributed by atoms with Gasteiger partial charge in [-0.1, -0.05) is 0 Å². The topological polar surface area (TPSA) is 114 Å². The van der Waals surface area contributed by atoms with E-state index in [1.165, 1.54) is 35.2 Å². The molecule has 148 valence electrons. The summed E-state index contributed by atoms with van der Waals surface area (Å²) < 4.78 is 31.1. The molecule has 3 N–H and O–H groups in total. The van der Waals surface area contributed by atoms with E-state index < -0.39 is 37.4 Å². The van der Waals surface area contributed by atoms with E-state index in [0.29, 0.717) is 22.6 Å². The van der Waals surface area contributed by atoms with Gasteiger partial charge in [0.1, 0.15) is 29.6 Å². The zero-order valence-corrected chi connectivity index (χ0v) is 16.2. The average Bonchev–Trinajstić information content (AvgIpc) is 2.61. The number of rotatable bonds is 4. The molecule has 9 heteroatoms. The minimum atomic E-state index is -4.55. The lowest BCUT2D eigenvalue weighted by Crippen LogP contribution is -2.54. The van der Waals surface area contributed by atoms with E-state index in [0.717, 1.165) is 0 Å². The van der Waals surface area contributed by atoms with Crippen LogP contribution in [0.1, 0.15) is 31.0 Å². The quantitative estimate of drug-likeness (QED) is 0.669. The lowest BCUT2D eigenvalue weighted by molar-refractivity contribution is -0.0583. The molecule has 2 aromatic rings. The van der Waals surface area contributed by atoms with Gasteiger partial charge in [0.25, 0.3) is 0 Å². The first kappa shape index (κ1) is 20.3. The third-order valence-corrected chi connectivity index (χ3v) is 5.35. The van der Waals surface area contributed by atoms with Gasteiger partial charge >= 0.3 is 7.60 Å². The van der Waals surface area contributed by atoms with Crippen molar-refractivity contribution in [3.8, 4) is 11.8 Å². The second kappa shape index (κ2) is 7.19. The highest BCUT2D eigenvalue weighted by molar-refractivity contribution is 7.51. The number of halogens is 1. The first-order valence-corrected chi connectivity index (χ1v) is 10.3. The van der Waals surface area contributed by atoms with Crippen LogP contribution in [-0.2, 0) is 4.57 Å². The van der Waals surface area contributed by atoms with Crippen molar-refractivity contribution >= 4 is 13.3 Å². The Bertz CT molecular complexity index is 967. The Hall–Kier alpha value is -2.43. The highest BCUT2D eigenvalue weighted by Crippen LogP contribution is 2.48. The van der Waals surface area contributed by atoms with Crippen LogP contribution in [0.4, 0.5) is 10.1 Å². The van der Waals surface area contributed by atoms with Crippen LogP contribution in [-0.4, -0.2) is 32.9 Å². The maximum Gasteiger partial charge on any atom is 0.344 e. The van der Waals surface area contributed by atoms with Crippen molar-refractivity contribution in [2.24, 2.45) is 0 Å². The van der Waals surface area contributed by atoms with E-state index >= 15 is 0 Å². The van der Waals surface area contributed by atoms with E-state index in [9.17, 15) is 29.1 Å². The molecule has 28 heavy (non-hydrogen) atoms. The number of benzene rings is 2. The average molecular weight is 406 g/mol. The molecule has 0 amide bonds. The summed E-state index contributed by atoms with van der Waals surface area (Å²) in [7, 11) is -4.55. The molecule has 0 saturated heterocycles. The minimum Gasteiger partial charge on any atom is -0.485 e. The van der Waals surface area contributed by atoms with Crippen LogP contribution in [0.25, 0.3) is 0 Å². The van der Waals surface area contributed by atoms with Gasteiger partial charge in [0.15, 0.2) is 0 Å². The predicted octanol–water partition coefficient (Wildman–Crippen LogP) is 2.91. The van der Waals surface area contributed by atoms with Crippen molar-refractivity contribution in [2.45, 2.75) is 31.6 Å². The molecule has 0 radical (unpaired) electrons. The number of hydrogen-bond acceptors (Lipinski definition) is 5. The third kappa shape index (κ3) is 4.03. The van der Waals surface area contributed by atoms with Gasteiger partial charge in [0.2, 0.25) is 0 Å². The second-order valence-electron chi connectivity index (χ2n) is 7.21. The highest BCUT2D eigenvalue weighted by Gasteiger charge is 2.46. The molecule has 0 aromatic heterocycles. The van der Waals surface area contributed by atoms with Gasteiger partial charge in [0.05, 0.1) is 17.7 Å². The number of aliphatic hydroxyl groups excluding tert-OH is 1. The Kier molecular flexibility index (Phi) is 5.22. The van der Waals surface area contributed by atoms with Gasteiger partial charge in [-0.2, -0.15) is 5.26 Å². The number of nitriles is 1. The number of ether oxygens (including phenoxy) is 1. The summed E-state index contributed by atoms with van der Waals surface area (Å²) in [5, 5.41) is 20.2. The lowest BCUT2D eigenvalue weighted by Gasteiger charge is -2.47. The molecule has 7 nitrogen and oxygen atoms in total. The molecule has 3 rings (SSSR count). The molecule has 2 aromatic carbocycles. The normalized spacial score (nSPS) is 20.6. The van der Waals surface area contributed by atoms with E-state index in [1.54, 1.807) is 26.0 Å². The summed E-state index contributed by atoms with van der Waals surface area (Å²) in [5.41, 5.74) is -0.0168. The van der Waals surface area contributed by atoms with E-state index in [-0.39, 0.29) is 0 Å². The number of hydrogen-bond donors (Lipinski definition) is 3. The summed E-state index contributed by atoms with van der Waals surface area (Å²) in [6, 6.07) is 10.9. The van der Waals surface area contributed by atoms with Crippen LogP contribution >= 0.6 is 7.60 Å². The molecule has 0 fully saturated rings. The number of anilines is 1. The van der Waals surface area contributed by atoms with Crippen LogP contribution in [0, 0.1) is 17.1 Å². The minimum absolute atomic E-state index is 0.314. The molecule has 1 aliphatic rings. The smallest absolute Gasteiger partial charge is 0.344 e. The first-order chi connectivity index (χ1) is 13.0. The number of nitrogens with zero attached hydrogens (tertiary/aromatic N) is 2. The molecular weight excluding hydrogens is 386 g/mol. The monoisotopic (exact) mass is 406 g/mol. The largest absolute Gasteiger partial charge is 0.485 e. The fourth-order valence-corrected chi connectivity index (χ4v) is 4.07. The van der Waals surface area contributed by atoms with E-state index in [4.69, 9.17) is 4.74 Å². The second-order valence-corrected chi connectivity index (χ2v) is 8.82. The van der Waals surface area contributed by atoms with Gasteiger partial charge < -0.3 is 24.5 Å². The standard InChI is InChI=1S/C19H20FN2O5P/c1-19(2)18(23)17(15-9-12(10-21)3-8-16(15)27-19)22(11-28(24,25)26)14-6-4-13(20)5-7-14/h3-9,17-18,23H,11H2,1-2H3,(H2,24,25,26). The maximum atomic E-state index is 13.4. The summed E-state index contributed by atoms with van der Waals surface area (Å²) in [6.07, 6.45) is -1.89. The van der Waals surface area contributed by atoms with Crippen LogP contribution in [0.5, 0.6) is 5.75 Å². The van der Waals surface area contributed by atoms with Gasteiger partial charge in [0, 0.05) is 11.3 Å². The summed E-state index contributed by atoms with van der Waals surface area (Å²) in [6.45, 7) is 3.32. The molecule has 0 aliphatic carbocycles. The number of fused-ring (bicyclic) bond motifs is 1. The van der Waals surface area contributed by atoms with E-state index in [1.807, 2.05) is 6.07 Å². The Labute approximate surface area is 161 Å². The van der Waals surface area contributed by atoms with E-state index in [2.05, 4.69) is 0 Å². The summed E-state index contributed by atoms with van der Waals surface area (Å²) in [5.74, 6) is -0.1000. The SMILES string of the molecule is CC1(C)Oc2ccc(C#N)cc2C(N(CP(=O)(O)O)c2ccc(F)cc2)C1O. The van der Waals surface area contributed by atoms with Crippen molar-refractivity contribution in [1.29, 1.82) is 5.26 Å². The van der Waals surface area contributed by atoms with Crippen molar-refractivity contribution in [3.63, 3.8) is 0 Å². The Morgan fingerprint density at radius 3 is 2.46 bits per heavy atom. The summed E-state index contributed by atoms with van der Waals surface area (Å²) in [4.78, 5) is 20.6. The molecule has 2 atom stereocenters. The van der Waals surface area contributed by atoms with Gasteiger partial charge in [-0.3, -0.25) is 4.57 Å². The molecule has 0 bridgehead atoms.